The Kier molecular flexibility index (Phi) is 3.64. The van der Waals surface area contributed by atoms with E-state index in [0.29, 0.717) is 0 Å². The molecule has 2 rings (SSSR count). The molecule has 0 fully saturated rings. The van der Waals surface area contributed by atoms with Crippen LogP contribution in [0.15, 0.2) is 35.1 Å². The highest BCUT2D eigenvalue weighted by Crippen LogP contribution is 2.15. The molecule has 0 radical (unpaired) electrons. The van der Waals surface area contributed by atoms with Gasteiger partial charge in [0, 0.05) is 18.7 Å². The third-order valence-electron chi connectivity index (χ3n) is 3.18. The van der Waals surface area contributed by atoms with Crippen molar-refractivity contribution in [1.29, 1.82) is 0 Å². The van der Waals surface area contributed by atoms with E-state index in [2.05, 4.69) is 38.2 Å². The molecule has 0 aliphatic carbocycles. The Labute approximate surface area is 103 Å². The molecule has 1 N–H and O–H groups in total. The minimum atomic E-state index is 0.850. The molecule has 0 amide bonds. The van der Waals surface area contributed by atoms with Crippen LogP contribution in [0.5, 0.6) is 0 Å². The first-order chi connectivity index (χ1) is 8.16. The molecule has 0 spiro atoms. The van der Waals surface area contributed by atoms with Crippen molar-refractivity contribution in [3.8, 4) is 0 Å². The maximum Gasteiger partial charge on any atom is 0.0947 e. The van der Waals surface area contributed by atoms with Crippen LogP contribution in [0.3, 0.4) is 0 Å². The van der Waals surface area contributed by atoms with Crippen molar-refractivity contribution in [1.82, 2.24) is 5.32 Å². The Morgan fingerprint density at radius 2 is 1.76 bits per heavy atom. The van der Waals surface area contributed by atoms with Gasteiger partial charge in [-0.3, -0.25) is 0 Å². The van der Waals surface area contributed by atoms with Gasteiger partial charge in [-0.1, -0.05) is 12.1 Å². The zero-order chi connectivity index (χ0) is 12.3. The molecule has 1 aromatic carbocycles. The number of benzene rings is 1. The quantitative estimate of drug-likeness (QED) is 0.868. The molecular weight excluding hydrogens is 210 g/mol. The molecule has 90 valence electrons. The van der Waals surface area contributed by atoms with Gasteiger partial charge in [-0.15, -0.1) is 0 Å². The van der Waals surface area contributed by atoms with Gasteiger partial charge in [0.2, 0.25) is 0 Å². The van der Waals surface area contributed by atoms with Gasteiger partial charge in [-0.2, -0.15) is 0 Å². The third-order valence-corrected chi connectivity index (χ3v) is 3.18. The van der Waals surface area contributed by atoms with Gasteiger partial charge < -0.3 is 9.73 Å². The van der Waals surface area contributed by atoms with Crippen molar-refractivity contribution >= 4 is 0 Å². The van der Waals surface area contributed by atoms with Gasteiger partial charge in [0.05, 0.1) is 12.5 Å². The van der Waals surface area contributed by atoms with Crippen molar-refractivity contribution in [2.45, 2.75) is 33.9 Å². The second-order valence-electron chi connectivity index (χ2n) is 4.60. The standard InChI is InChI=1S/C15H19NO/c1-11-6-13(3)15(7-12(11)2)9-16-8-14-4-5-17-10-14/h4-7,10,16H,8-9H2,1-3H3. The van der Waals surface area contributed by atoms with Crippen molar-refractivity contribution in [2.75, 3.05) is 0 Å². The van der Waals surface area contributed by atoms with Crippen molar-refractivity contribution in [2.24, 2.45) is 0 Å². The lowest BCUT2D eigenvalue weighted by Gasteiger charge is -2.10. The van der Waals surface area contributed by atoms with Crippen LogP contribution >= 0.6 is 0 Å². The molecule has 17 heavy (non-hydrogen) atoms. The lowest BCUT2D eigenvalue weighted by atomic mass is 10.0. The first kappa shape index (κ1) is 11.9. The van der Waals surface area contributed by atoms with Crippen molar-refractivity contribution < 1.29 is 4.42 Å². The maximum atomic E-state index is 5.04. The Bertz CT molecular complexity index is 486. The molecular formula is C15H19NO. The van der Waals surface area contributed by atoms with E-state index in [1.54, 1.807) is 12.5 Å². The van der Waals surface area contributed by atoms with Crippen LogP contribution in [0.2, 0.25) is 0 Å². The van der Waals surface area contributed by atoms with Gasteiger partial charge in [-0.25, -0.2) is 0 Å². The summed E-state index contributed by atoms with van der Waals surface area (Å²) in [6, 6.07) is 6.51. The molecule has 0 unspecified atom stereocenters. The van der Waals surface area contributed by atoms with Crippen LogP contribution in [0.25, 0.3) is 0 Å². The predicted molar refractivity (Wildman–Crippen MR) is 69.9 cm³/mol. The second-order valence-corrected chi connectivity index (χ2v) is 4.60. The number of aryl methyl sites for hydroxylation is 3. The van der Waals surface area contributed by atoms with E-state index in [-0.39, 0.29) is 0 Å². The van der Waals surface area contributed by atoms with Crippen LogP contribution in [-0.2, 0) is 13.1 Å². The summed E-state index contributed by atoms with van der Waals surface area (Å²) in [4.78, 5) is 0. The average Bonchev–Trinajstić information content (AvgIpc) is 2.78. The van der Waals surface area contributed by atoms with Crippen LogP contribution in [-0.4, -0.2) is 0 Å². The number of rotatable bonds is 4. The largest absolute Gasteiger partial charge is 0.472 e. The molecule has 0 bridgehead atoms. The highest BCUT2D eigenvalue weighted by molar-refractivity contribution is 5.36. The minimum absolute atomic E-state index is 0.850. The summed E-state index contributed by atoms with van der Waals surface area (Å²) in [5, 5.41) is 3.43. The van der Waals surface area contributed by atoms with Crippen LogP contribution in [0.4, 0.5) is 0 Å². The molecule has 0 atom stereocenters. The third kappa shape index (κ3) is 2.98. The summed E-state index contributed by atoms with van der Waals surface area (Å²) in [7, 11) is 0. The first-order valence-electron chi connectivity index (χ1n) is 5.95. The zero-order valence-corrected chi connectivity index (χ0v) is 10.7. The average molecular weight is 229 g/mol. The molecule has 1 heterocycles. The van der Waals surface area contributed by atoms with Crippen molar-refractivity contribution in [3.63, 3.8) is 0 Å². The van der Waals surface area contributed by atoms with Gasteiger partial charge >= 0.3 is 0 Å². The number of hydrogen-bond acceptors (Lipinski definition) is 2. The summed E-state index contributed by atoms with van der Waals surface area (Å²) in [6.07, 6.45) is 3.48. The van der Waals surface area contributed by atoms with E-state index in [9.17, 15) is 0 Å². The normalized spacial score (nSPS) is 10.8. The van der Waals surface area contributed by atoms with E-state index in [4.69, 9.17) is 4.42 Å². The van der Waals surface area contributed by atoms with Crippen LogP contribution in [0.1, 0.15) is 27.8 Å². The smallest absolute Gasteiger partial charge is 0.0947 e. The highest BCUT2D eigenvalue weighted by Gasteiger charge is 2.02. The molecule has 0 saturated carbocycles. The Morgan fingerprint density at radius 1 is 1.00 bits per heavy atom. The molecule has 0 aliphatic rings. The summed E-state index contributed by atoms with van der Waals surface area (Å²) >= 11 is 0. The SMILES string of the molecule is Cc1cc(C)c(CNCc2ccoc2)cc1C. The summed E-state index contributed by atoms with van der Waals surface area (Å²) in [5.41, 5.74) is 6.63. The Morgan fingerprint density at radius 3 is 2.47 bits per heavy atom. The fraction of sp³-hybridized carbons (Fsp3) is 0.333. The molecule has 2 aromatic rings. The minimum Gasteiger partial charge on any atom is -0.472 e. The van der Waals surface area contributed by atoms with E-state index in [1.807, 2.05) is 6.07 Å². The maximum absolute atomic E-state index is 5.04. The molecule has 2 nitrogen and oxygen atoms in total. The van der Waals surface area contributed by atoms with Gasteiger partial charge in [-0.05, 0) is 49.1 Å². The predicted octanol–water partition coefficient (Wildman–Crippen LogP) is 3.49. The number of nitrogens with one attached hydrogen (secondary N) is 1. The van der Waals surface area contributed by atoms with Crippen molar-refractivity contribution in [3.05, 3.63) is 58.5 Å². The van der Waals surface area contributed by atoms with E-state index < -0.39 is 0 Å². The monoisotopic (exact) mass is 229 g/mol. The fourth-order valence-electron chi connectivity index (χ4n) is 1.95. The zero-order valence-electron chi connectivity index (χ0n) is 10.7. The number of furan rings is 1. The molecule has 0 saturated heterocycles. The second kappa shape index (κ2) is 5.19. The Hall–Kier alpha value is -1.54. The van der Waals surface area contributed by atoms with E-state index >= 15 is 0 Å². The summed E-state index contributed by atoms with van der Waals surface area (Å²) in [5.74, 6) is 0. The topological polar surface area (TPSA) is 25.2 Å². The van der Waals surface area contributed by atoms with Gasteiger partial charge in [0.1, 0.15) is 0 Å². The van der Waals surface area contributed by atoms with E-state index in [0.717, 1.165) is 13.1 Å². The van der Waals surface area contributed by atoms with Crippen LogP contribution < -0.4 is 5.32 Å². The highest BCUT2D eigenvalue weighted by atomic mass is 16.3. The van der Waals surface area contributed by atoms with E-state index in [1.165, 1.54) is 27.8 Å². The Balaban J connectivity index is 1.97. The van der Waals surface area contributed by atoms with Gasteiger partial charge in [0.15, 0.2) is 0 Å². The first-order valence-corrected chi connectivity index (χ1v) is 5.95. The summed E-state index contributed by atoms with van der Waals surface area (Å²) in [6.45, 7) is 8.24. The molecule has 2 heteroatoms. The fourth-order valence-corrected chi connectivity index (χ4v) is 1.95. The number of hydrogen-bond donors (Lipinski definition) is 1. The lowest BCUT2D eigenvalue weighted by molar-refractivity contribution is 0.560. The van der Waals surface area contributed by atoms with Crippen LogP contribution in [0, 0.1) is 20.8 Å². The summed E-state index contributed by atoms with van der Waals surface area (Å²) < 4.78 is 5.04. The lowest BCUT2D eigenvalue weighted by Crippen LogP contribution is -2.13. The molecule has 0 aliphatic heterocycles. The van der Waals surface area contributed by atoms with Gasteiger partial charge in [0.25, 0.3) is 0 Å². The molecule has 1 aromatic heterocycles.